The highest BCUT2D eigenvalue weighted by Gasteiger charge is 2.15. The second kappa shape index (κ2) is 9.10. The average Bonchev–Trinajstić information content (AvgIpc) is 2.72. The molecule has 0 saturated carbocycles. The maximum atomic E-state index is 12.8. The summed E-state index contributed by atoms with van der Waals surface area (Å²) in [6, 6.07) is 24.6. The Labute approximate surface area is 176 Å². The Balaban J connectivity index is 1.65. The molecule has 29 heavy (non-hydrogen) atoms. The number of benzene rings is 3. The molecule has 1 amide bonds. The molecule has 3 nitrogen and oxygen atoms in total. The Morgan fingerprint density at radius 3 is 2.17 bits per heavy atom. The van der Waals surface area contributed by atoms with Gasteiger partial charge >= 0.3 is 0 Å². The maximum absolute atomic E-state index is 12.8. The van der Waals surface area contributed by atoms with Crippen LogP contribution in [0.1, 0.15) is 42.3 Å². The molecule has 3 aromatic rings. The largest absolute Gasteiger partial charge is 0.325 e. The quantitative estimate of drug-likeness (QED) is 0.409. The lowest BCUT2D eigenvalue weighted by Crippen LogP contribution is -2.14. The van der Waals surface area contributed by atoms with Gasteiger partial charge in [0, 0.05) is 21.7 Å². The smallest absolute Gasteiger partial charge is 0.234 e. The molecule has 0 fully saturated rings. The molecule has 0 aromatic heterocycles. The molecule has 0 bridgehead atoms. The lowest BCUT2D eigenvalue weighted by molar-refractivity contribution is -0.113. The number of carbonyl (C=O) groups is 2. The van der Waals surface area contributed by atoms with Gasteiger partial charge < -0.3 is 5.32 Å². The van der Waals surface area contributed by atoms with E-state index in [1.165, 1.54) is 17.3 Å². The van der Waals surface area contributed by atoms with E-state index in [0.717, 1.165) is 4.90 Å². The molecular weight excluding hydrogens is 378 g/mol. The summed E-state index contributed by atoms with van der Waals surface area (Å²) in [7, 11) is 0. The van der Waals surface area contributed by atoms with Gasteiger partial charge in [-0.05, 0) is 35.2 Å². The Morgan fingerprint density at radius 2 is 1.52 bits per heavy atom. The summed E-state index contributed by atoms with van der Waals surface area (Å²) in [4.78, 5) is 26.1. The van der Waals surface area contributed by atoms with E-state index in [9.17, 15) is 9.59 Å². The van der Waals surface area contributed by atoms with E-state index < -0.39 is 0 Å². The lowest BCUT2D eigenvalue weighted by atomic mass is 9.86. The van der Waals surface area contributed by atoms with Gasteiger partial charge in [-0.15, -0.1) is 11.8 Å². The van der Waals surface area contributed by atoms with E-state index in [1.807, 2.05) is 54.6 Å². The van der Waals surface area contributed by atoms with E-state index in [2.05, 4.69) is 26.1 Å². The van der Waals surface area contributed by atoms with E-state index in [1.54, 1.807) is 24.3 Å². The fourth-order valence-electron chi connectivity index (χ4n) is 2.89. The number of thioether (sulfide) groups is 1. The third kappa shape index (κ3) is 5.81. The van der Waals surface area contributed by atoms with Gasteiger partial charge in [-0.1, -0.05) is 75.4 Å². The Morgan fingerprint density at radius 1 is 0.828 bits per heavy atom. The summed E-state index contributed by atoms with van der Waals surface area (Å²) >= 11 is 1.48. The summed E-state index contributed by atoms with van der Waals surface area (Å²) in [6.07, 6.45) is 0. The zero-order valence-electron chi connectivity index (χ0n) is 16.9. The van der Waals surface area contributed by atoms with Crippen molar-refractivity contribution < 1.29 is 9.59 Å². The number of nitrogens with one attached hydrogen (secondary N) is 1. The highest BCUT2D eigenvalue weighted by molar-refractivity contribution is 8.00. The first kappa shape index (κ1) is 20.9. The van der Waals surface area contributed by atoms with Crippen molar-refractivity contribution in [1.29, 1.82) is 0 Å². The molecule has 4 heteroatoms. The van der Waals surface area contributed by atoms with Crippen LogP contribution in [0.25, 0.3) is 0 Å². The number of amides is 1. The van der Waals surface area contributed by atoms with Crippen LogP contribution in [0.3, 0.4) is 0 Å². The molecule has 0 spiro atoms. The van der Waals surface area contributed by atoms with Gasteiger partial charge in [0.1, 0.15) is 0 Å². The van der Waals surface area contributed by atoms with Crippen LogP contribution in [0, 0.1) is 0 Å². The summed E-state index contributed by atoms with van der Waals surface area (Å²) in [6.45, 7) is 6.43. The van der Waals surface area contributed by atoms with Crippen LogP contribution in [0.15, 0.2) is 83.8 Å². The van der Waals surface area contributed by atoms with E-state index in [-0.39, 0.29) is 17.1 Å². The van der Waals surface area contributed by atoms with Crippen LogP contribution in [-0.2, 0) is 10.2 Å². The predicted molar refractivity (Wildman–Crippen MR) is 121 cm³/mol. The van der Waals surface area contributed by atoms with Crippen LogP contribution in [0.2, 0.25) is 0 Å². The summed E-state index contributed by atoms with van der Waals surface area (Å²) in [5.41, 5.74) is 3.05. The molecule has 0 aliphatic heterocycles. The summed E-state index contributed by atoms with van der Waals surface area (Å²) in [5.74, 6) is 0.161. The molecule has 0 unspecified atom stereocenters. The summed E-state index contributed by atoms with van der Waals surface area (Å²) in [5, 5.41) is 2.88. The van der Waals surface area contributed by atoms with Crippen LogP contribution >= 0.6 is 11.8 Å². The van der Waals surface area contributed by atoms with Gasteiger partial charge in [0.05, 0.1) is 5.75 Å². The van der Waals surface area contributed by atoms with Crippen LogP contribution in [0.5, 0.6) is 0 Å². The first-order valence-electron chi connectivity index (χ1n) is 9.56. The Kier molecular flexibility index (Phi) is 6.55. The Hall–Kier alpha value is -2.85. The minimum atomic E-state index is -0.0991. The van der Waals surface area contributed by atoms with Gasteiger partial charge in [0.15, 0.2) is 5.78 Å². The van der Waals surface area contributed by atoms with Gasteiger partial charge in [-0.25, -0.2) is 0 Å². The summed E-state index contributed by atoms with van der Waals surface area (Å²) < 4.78 is 0. The number of ketones is 1. The number of hydrogen-bond acceptors (Lipinski definition) is 3. The molecule has 0 atom stereocenters. The van der Waals surface area contributed by atoms with Crippen molar-refractivity contribution in [2.75, 3.05) is 11.1 Å². The number of hydrogen-bond donors (Lipinski definition) is 1. The van der Waals surface area contributed by atoms with Gasteiger partial charge in [0.25, 0.3) is 0 Å². The number of rotatable bonds is 6. The topological polar surface area (TPSA) is 46.2 Å². The zero-order chi connectivity index (χ0) is 20.9. The molecule has 0 aliphatic rings. The first-order chi connectivity index (χ1) is 13.8. The average molecular weight is 404 g/mol. The zero-order valence-corrected chi connectivity index (χ0v) is 17.8. The SMILES string of the molecule is CC(C)(C)c1ccc(C(=O)c2cccc(NC(=O)CSc3ccccc3)c2)cc1. The molecule has 0 heterocycles. The van der Waals surface area contributed by atoms with Gasteiger partial charge in [-0.3, -0.25) is 9.59 Å². The molecule has 3 rings (SSSR count). The van der Waals surface area contributed by atoms with E-state index >= 15 is 0 Å². The standard InChI is InChI=1S/C25H25NO2S/c1-25(2,3)20-14-12-18(13-15-20)24(28)19-8-7-9-21(16-19)26-23(27)17-29-22-10-5-4-6-11-22/h4-16H,17H2,1-3H3,(H,26,27). The normalized spacial score (nSPS) is 11.1. The fourth-order valence-corrected chi connectivity index (χ4v) is 3.61. The van der Waals surface area contributed by atoms with Crippen LogP contribution < -0.4 is 5.32 Å². The van der Waals surface area contributed by atoms with Gasteiger partial charge in [0.2, 0.25) is 5.91 Å². The van der Waals surface area contributed by atoms with Crippen molar-refractivity contribution >= 4 is 29.1 Å². The number of anilines is 1. The van der Waals surface area contributed by atoms with Crippen molar-refractivity contribution in [3.05, 3.63) is 95.6 Å². The molecule has 0 saturated heterocycles. The number of carbonyl (C=O) groups excluding carboxylic acids is 2. The van der Waals surface area contributed by atoms with Crippen molar-refractivity contribution in [2.45, 2.75) is 31.1 Å². The van der Waals surface area contributed by atoms with Gasteiger partial charge in [-0.2, -0.15) is 0 Å². The van der Waals surface area contributed by atoms with Crippen molar-refractivity contribution in [3.8, 4) is 0 Å². The monoisotopic (exact) mass is 403 g/mol. The van der Waals surface area contributed by atoms with Crippen molar-refractivity contribution in [3.63, 3.8) is 0 Å². The third-order valence-corrected chi connectivity index (χ3v) is 5.55. The van der Waals surface area contributed by atoms with Crippen molar-refractivity contribution in [1.82, 2.24) is 0 Å². The molecule has 0 aliphatic carbocycles. The van der Waals surface area contributed by atoms with E-state index in [4.69, 9.17) is 0 Å². The fraction of sp³-hybridized carbons (Fsp3) is 0.200. The molecule has 148 valence electrons. The first-order valence-corrected chi connectivity index (χ1v) is 10.5. The van der Waals surface area contributed by atoms with Crippen LogP contribution in [-0.4, -0.2) is 17.4 Å². The third-order valence-electron chi connectivity index (χ3n) is 4.53. The van der Waals surface area contributed by atoms with Crippen molar-refractivity contribution in [2.24, 2.45) is 0 Å². The minimum absolute atomic E-state index is 0.0452. The highest BCUT2D eigenvalue weighted by Crippen LogP contribution is 2.23. The Bertz CT molecular complexity index is 989. The molecule has 0 radical (unpaired) electrons. The minimum Gasteiger partial charge on any atom is -0.325 e. The molecular formula is C25H25NO2S. The molecule has 1 N–H and O–H groups in total. The van der Waals surface area contributed by atoms with Crippen LogP contribution in [0.4, 0.5) is 5.69 Å². The molecule has 3 aromatic carbocycles. The maximum Gasteiger partial charge on any atom is 0.234 e. The highest BCUT2D eigenvalue weighted by atomic mass is 32.2. The second-order valence-electron chi connectivity index (χ2n) is 7.89. The lowest BCUT2D eigenvalue weighted by Gasteiger charge is -2.19. The van der Waals surface area contributed by atoms with E-state index in [0.29, 0.717) is 22.6 Å². The second-order valence-corrected chi connectivity index (χ2v) is 8.94. The predicted octanol–water partition coefficient (Wildman–Crippen LogP) is 5.95.